The van der Waals surface area contributed by atoms with Crippen molar-refractivity contribution < 1.29 is 24.2 Å². The Balaban J connectivity index is 2.21. The molecule has 0 amide bonds. The molecule has 2 rings (SSSR count). The normalized spacial score (nSPS) is 11.5. The molecule has 1 atom stereocenters. The average molecular weight is 312 g/mol. The minimum absolute atomic E-state index is 0.277. The zero-order chi connectivity index (χ0) is 16.7. The molecule has 0 saturated carbocycles. The topological polar surface area (TPSA) is 80.7 Å². The van der Waals surface area contributed by atoms with Gasteiger partial charge in [-0.05, 0) is 0 Å². The van der Waals surface area contributed by atoms with Crippen molar-refractivity contribution >= 4 is 17.7 Å². The van der Waals surface area contributed by atoms with E-state index < -0.39 is 18.0 Å². The van der Waals surface area contributed by atoms with Crippen LogP contribution in [0.4, 0.5) is 0 Å². The Kier molecular flexibility index (Phi) is 5.63. The molecule has 1 N–H and O–H groups in total. The Labute approximate surface area is 133 Å². The summed E-state index contributed by atoms with van der Waals surface area (Å²) >= 11 is 0. The number of carbonyl (C=O) groups is 3. The van der Waals surface area contributed by atoms with Gasteiger partial charge in [0.2, 0.25) is 5.78 Å². The van der Waals surface area contributed by atoms with E-state index in [2.05, 4.69) is 0 Å². The number of rotatable bonds is 7. The molecular formula is C18H16O5. The van der Waals surface area contributed by atoms with Crippen molar-refractivity contribution in [1.82, 2.24) is 0 Å². The summed E-state index contributed by atoms with van der Waals surface area (Å²) in [7, 11) is 0. The van der Waals surface area contributed by atoms with Gasteiger partial charge in [0.25, 0.3) is 0 Å². The molecule has 0 fully saturated rings. The molecule has 0 spiro atoms. The summed E-state index contributed by atoms with van der Waals surface area (Å²) in [6.45, 7) is 0. The van der Waals surface area contributed by atoms with Gasteiger partial charge in [0.1, 0.15) is 0 Å². The maximum atomic E-state index is 12.6. The number of aliphatic carboxylic acids is 1. The van der Waals surface area contributed by atoms with Crippen molar-refractivity contribution in [3.05, 3.63) is 71.8 Å². The lowest BCUT2D eigenvalue weighted by atomic mass is 10.00. The van der Waals surface area contributed by atoms with Gasteiger partial charge in [-0.2, -0.15) is 0 Å². The van der Waals surface area contributed by atoms with Crippen LogP contribution < -0.4 is 0 Å². The van der Waals surface area contributed by atoms with Crippen molar-refractivity contribution in [3.8, 4) is 0 Å². The number of esters is 1. The molecule has 2 aromatic carbocycles. The fourth-order valence-corrected chi connectivity index (χ4v) is 2.05. The molecule has 5 heteroatoms. The number of Topliss-reactive ketones (excluding diaryl/α,β-unsaturated/α-hetero) is 1. The zero-order valence-corrected chi connectivity index (χ0v) is 12.3. The first kappa shape index (κ1) is 16.4. The lowest BCUT2D eigenvalue weighted by Crippen LogP contribution is -2.20. The molecule has 0 saturated heterocycles. The van der Waals surface area contributed by atoms with E-state index in [4.69, 9.17) is 9.84 Å². The van der Waals surface area contributed by atoms with Gasteiger partial charge in [0.15, 0.2) is 6.10 Å². The number of ketones is 1. The fraction of sp³-hybridized carbons (Fsp3) is 0.167. The first-order chi connectivity index (χ1) is 11.1. The monoisotopic (exact) mass is 312 g/mol. The van der Waals surface area contributed by atoms with Crippen LogP contribution in [0.5, 0.6) is 0 Å². The average Bonchev–Trinajstić information content (AvgIpc) is 2.59. The molecule has 1 unspecified atom stereocenters. The summed E-state index contributed by atoms with van der Waals surface area (Å²) < 4.78 is 5.25. The van der Waals surface area contributed by atoms with Crippen LogP contribution in [0.1, 0.15) is 34.9 Å². The Morgan fingerprint density at radius 1 is 0.870 bits per heavy atom. The van der Waals surface area contributed by atoms with Crippen LogP contribution in [0.15, 0.2) is 60.7 Å². The smallest absolute Gasteiger partial charge is 0.307 e. The van der Waals surface area contributed by atoms with E-state index in [0.29, 0.717) is 11.1 Å². The molecule has 0 aromatic heterocycles. The van der Waals surface area contributed by atoms with Gasteiger partial charge in [-0.25, -0.2) is 0 Å². The number of carbonyl (C=O) groups excluding carboxylic acids is 2. The molecule has 0 aliphatic carbocycles. The molecule has 0 bridgehead atoms. The molecule has 23 heavy (non-hydrogen) atoms. The first-order valence-corrected chi connectivity index (χ1v) is 7.13. The predicted octanol–water partition coefficient (Wildman–Crippen LogP) is 3.02. The largest absolute Gasteiger partial charge is 0.481 e. The molecule has 0 aliphatic rings. The third kappa shape index (κ3) is 4.78. The summed E-state index contributed by atoms with van der Waals surface area (Å²) in [6.07, 6.45) is -1.69. The minimum atomic E-state index is -1.09. The SMILES string of the molecule is O=C(O)CCC(=O)OC(C(=O)c1ccccc1)c1ccccc1. The molecule has 2 aromatic rings. The number of ether oxygens (including phenoxy) is 1. The van der Waals surface area contributed by atoms with Crippen molar-refractivity contribution in [1.29, 1.82) is 0 Å². The number of benzene rings is 2. The van der Waals surface area contributed by atoms with Crippen molar-refractivity contribution in [2.45, 2.75) is 18.9 Å². The number of hydrogen-bond donors (Lipinski definition) is 1. The second-order valence-corrected chi connectivity index (χ2v) is 4.90. The van der Waals surface area contributed by atoms with E-state index in [9.17, 15) is 14.4 Å². The van der Waals surface area contributed by atoms with E-state index in [1.807, 2.05) is 0 Å². The summed E-state index contributed by atoms with van der Waals surface area (Å²) in [5, 5.41) is 8.63. The quantitative estimate of drug-likeness (QED) is 0.628. The summed E-state index contributed by atoms with van der Waals surface area (Å²) in [4.78, 5) is 35.0. The molecule has 0 radical (unpaired) electrons. The third-order valence-corrected chi connectivity index (χ3v) is 3.19. The van der Waals surface area contributed by atoms with Gasteiger partial charge < -0.3 is 9.84 Å². The highest BCUT2D eigenvalue weighted by Crippen LogP contribution is 2.23. The van der Waals surface area contributed by atoms with Crippen LogP contribution >= 0.6 is 0 Å². The third-order valence-electron chi connectivity index (χ3n) is 3.19. The van der Waals surface area contributed by atoms with Crippen LogP contribution in [0, 0.1) is 0 Å². The first-order valence-electron chi connectivity index (χ1n) is 7.13. The molecule has 5 nitrogen and oxygen atoms in total. The minimum Gasteiger partial charge on any atom is -0.481 e. The number of carboxylic acids is 1. The van der Waals surface area contributed by atoms with Gasteiger partial charge in [-0.15, -0.1) is 0 Å². The second-order valence-electron chi connectivity index (χ2n) is 4.90. The van der Waals surface area contributed by atoms with Crippen LogP contribution in [0.25, 0.3) is 0 Å². The van der Waals surface area contributed by atoms with Crippen LogP contribution in [0.2, 0.25) is 0 Å². The maximum Gasteiger partial charge on any atom is 0.307 e. The van der Waals surface area contributed by atoms with E-state index in [-0.39, 0.29) is 18.6 Å². The Bertz CT molecular complexity index is 679. The predicted molar refractivity (Wildman–Crippen MR) is 82.9 cm³/mol. The lowest BCUT2D eigenvalue weighted by Gasteiger charge is -2.17. The summed E-state index contributed by atoms with van der Waals surface area (Å²) in [5.74, 6) is -2.15. The van der Waals surface area contributed by atoms with Gasteiger partial charge >= 0.3 is 11.9 Å². The zero-order valence-electron chi connectivity index (χ0n) is 12.3. The van der Waals surface area contributed by atoms with E-state index in [1.165, 1.54) is 0 Å². The van der Waals surface area contributed by atoms with Crippen molar-refractivity contribution in [2.24, 2.45) is 0 Å². The Morgan fingerprint density at radius 2 is 1.43 bits per heavy atom. The van der Waals surface area contributed by atoms with E-state index >= 15 is 0 Å². The Hall–Kier alpha value is -2.95. The molecule has 118 valence electrons. The lowest BCUT2D eigenvalue weighted by molar-refractivity contribution is -0.150. The van der Waals surface area contributed by atoms with Gasteiger partial charge in [-0.1, -0.05) is 60.7 Å². The van der Waals surface area contributed by atoms with Crippen molar-refractivity contribution in [3.63, 3.8) is 0 Å². The molecule has 0 heterocycles. The van der Waals surface area contributed by atoms with Gasteiger partial charge in [0, 0.05) is 11.1 Å². The molecular weight excluding hydrogens is 296 g/mol. The van der Waals surface area contributed by atoms with Gasteiger partial charge in [0.05, 0.1) is 12.8 Å². The van der Waals surface area contributed by atoms with E-state index in [1.54, 1.807) is 60.7 Å². The van der Waals surface area contributed by atoms with Crippen LogP contribution in [-0.4, -0.2) is 22.8 Å². The van der Waals surface area contributed by atoms with Crippen molar-refractivity contribution in [2.75, 3.05) is 0 Å². The van der Waals surface area contributed by atoms with Crippen LogP contribution in [-0.2, 0) is 14.3 Å². The summed E-state index contributed by atoms with van der Waals surface area (Å²) in [6, 6.07) is 17.2. The van der Waals surface area contributed by atoms with Gasteiger partial charge in [-0.3, -0.25) is 14.4 Å². The standard InChI is InChI=1S/C18H16O5/c19-15(20)11-12-16(21)23-18(14-9-5-2-6-10-14)17(22)13-7-3-1-4-8-13/h1-10,18H,11-12H2,(H,19,20). The number of carboxylic acid groups (broad SMARTS) is 1. The van der Waals surface area contributed by atoms with E-state index in [0.717, 1.165) is 0 Å². The second kappa shape index (κ2) is 7.89. The van der Waals surface area contributed by atoms with Crippen LogP contribution in [0.3, 0.4) is 0 Å². The molecule has 0 aliphatic heterocycles. The highest BCUT2D eigenvalue weighted by Gasteiger charge is 2.26. The fourth-order valence-electron chi connectivity index (χ4n) is 2.05. The number of hydrogen-bond acceptors (Lipinski definition) is 4. The highest BCUT2D eigenvalue weighted by molar-refractivity contribution is 6.01. The summed E-state index contributed by atoms with van der Waals surface area (Å²) in [5.41, 5.74) is 0.970. The Morgan fingerprint density at radius 3 is 2.00 bits per heavy atom. The highest BCUT2D eigenvalue weighted by atomic mass is 16.5. The maximum absolute atomic E-state index is 12.6.